The Hall–Kier alpha value is -3.29. The van der Waals surface area contributed by atoms with Crippen molar-refractivity contribution in [1.29, 1.82) is 0 Å². The summed E-state index contributed by atoms with van der Waals surface area (Å²) in [5, 5.41) is 1.35. The summed E-state index contributed by atoms with van der Waals surface area (Å²) in [4.78, 5) is 16.5. The molecule has 7 nitrogen and oxygen atoms in total. The van der Waals surface area contributed by atoms with Crippen molar-refractivity contribution in [3.05, 3.63) is 65.7 Å². The molecule has 0 unspecified atom stereocenters. The Morgan fingerprint density at radius 1 is 0.923 bits per heavy atom. The Morgan fingerprint density at radius 2 is 1.72 bits per heavy atom. The van der Waals surface area contributed by atoms with Crippen LogP contribution in [-0.2, 0) is 13.0 Å². The number of imidazole rings is 1. The van der Waals surface area contributed by atoms with Gasteiger partial charge in [-0.3, -0.25) is 4.90 Å². The van der Waals surface area contributed by atoms with Crippen molar-refractivity contribution in [2.75, 3.05) is 40.4 Å². The number of likely N-dealkylation sites (tertiary alicyclic amines) is 2. The smallest absolute Gasteiger partial charge is 0.161 e. The number of aryl methyl sites for hydroxylation is 1. The number of aromatic nitrogens is 3. The van der Waals surface area contributed by atoms with Gasteiger partial charge in [-0.05, 0) is 92.6 Å². The summed E-state index contributed by atoms with van der Waals surface area (Å²) < 4.78 is 11.0. The first-order valence-electron chi connectivity index (χ1n) is 14.5. The SMILES string of the molecule is CCc1c(-c2ccc(OC)c(OC)c2)[nH]c2ccc(C3CCN(C4CCN(Cc5c[nH]cn5)CC4)CC3)cc12. The number of nitrogens with one attached hydrogen (secondary N) is 2. The van der Waals surface area contributed by atoms with Gasteiger partial charge in [0.15, 0.2) is 11.5 Å². The molecule has 2 saturated heterocycles. The van der Waals surface area contributed by atoms with Gasteiger partial charge in [-0.15, -0.1) is 0 Å². The molecule has 2 fully saturated rings. The molecule has 4 heterocycles. The number of rotatable bonds is 8. The average molecular weight is 528 g/mol. The van der Waals surface area contributed by atoms with Gasteiger partial charge in [0.1, 0.15) is 0 Å². The van der Waals surface area contributed by atoms with Crippen LogP contribution in [0.2, 0.25) is 0 Å². The van der Waals surface area contributed by atoms with Gasteiger partial charge >= 0.3 is 0 Å². The predicted octanol–water partition coefficient (Wildman–Crippen LogP) is 5.98. The van der Waals surface area contributed by atoms with Crippen molar-refractivity contribution in [1.82, 2.24) is 24.8 Å². The third-order valence-electron chi connectivity index (χ3n) is 8.97. The van der Waals surface area contributed by atoms with E-state index in [2.05, 4.69) is 62.0 Å². The number of aromatic amines is 2. The van der Waals surface area contributed by atoms with Crippen LogP contribution in [-0.4, -0.2) is 71.2 Å². The highest BCUT2D eigenvalue weighted by Crippen LogP contribution is 2.38. The lowest BCUT2D eigenvalue weighted by Crippen LogP contribution is -2.47. The molecule has 0 bridgehead atoms. The highest BCUT2D eigenvalue weighted by molar-refractivity contribution is 5.91. The third kappa shape index (κ3) is 5.30. The topological polar surface area (TPSA) is 69.4 Å². The zero-order chi connectivity index (χ0) is 26.8. The molecular formula is C32H41N5O2. The monoisotopic (exact) mass is 527 g/mol. The number of ether oxygens (including phenoxy) is 2. The number of methoxy groups -OCH3 is 2. The fourth-order valence-electron chi connectivity index (χ4n) is 6.77. The molecule has 0 saturated carbocycles. The van der Waals surface area contributed by atoms with Gasteiger partial charge in [-0.25, -0.2) is 4.98 Å². The van der Waals surface area contributed by atoms with Crippen LogP contribution < -0.4 is 9.47 Å². The fraction of sp³-hybridized carbons (Fsp3) is 0.469. The molecular weight excluding hydrogens is 486 g/mol. The number of nitrogens with zero attached hydrogens (tertiary/aromatic N) is 3. The summed E-state index contributed by atoms with van der Waals surface area (Å²) in [6.45, 7) is 7.97. The second kappa shape index (κ2) is 11.4. The summed E-state index contributed by atoms with van der Waals surface area (Å²) in [6, 6.07) is 14.0. The molecule has 2 aliphatic heterocycles. The molecule has 0 amide bonds. The first kappa shape index (κ1) is 26.0. The zero-order valence-corrected chi connectivity index (χ0v) is 23.5. The number of H-pyrrole nitrogens is 2. The fourth-order valence-corrected chi connectivity index (χ4v) is 6.77. The normalized spacial score (nSPS) is 18.1. The van der Waals surface area contributed by atoms with E-state index in [1.54, 1.807) is 20.5 Å². The van der Waals surface area contributed by atoms with E-state index in [-0.39, 0.29) is 0 Å². The van der Waals surface area contributed by atoms with Crippen LogP contribution >= 0.6 is 0 Å². The van der Waals surface area contributed by atoms with Crippen LogP contribution in [0.5, 0.6) is 11.5 Å². The first-order chi connectivity index (χ1) is 19.2. The number of hydrogen-bond donors (Lipinski definition) is 2. The largest absolute Gasteiger partial charge is 0.493 e. The Bertz CT molecular complexity index is 1380. The standard InChI is InChI=1S/C32H41N5O2/c1-4-27-28-17-23(5-7-29(28)35-32(27)24-6-8-30(38-2)31(18-24)39-3)22-9-15-37(16-10-22)26-11-13-36(14-12-26)20-25-19-33-21-34-25/h5-8,17-19,21-22,26,35H,4,9-16,20H2,1-3H3,(H,33,34). The van der Waals surface area contributed by atoms with Crippen LogP contribution in [0.3, 0.4) is 0 Å². The molecule has 0 aliphatic carbocycles. The molecule has 2 N–H and O–H groups in total. The molecule has 0 radical (unpaired) electrons. The van der Waals surface area contributed by atoms with Crippen molar-refractivity contribution >= 4 is 10.9 Å². The van der Waals surface area contributed by atoms with E-state index in [1.807, 2.05) is 12.3 Å². The highest BCUT2D eigenvalue weighted by Gasteiger charge is 2.29. The lowest BCUT2D eigenvalue weighted by molar-refractivity contribution is 0.0841. The van der Waals surface area contributed by atoms with Crippen molar-refractivity contribution < 1.29 is 9.47 Å². The van der Waals surface area contributed by atoms with E-state index in [0.29, 0.717) is 5.92 Å². The van der Waals surface area contributed by atoms with Crippen molar-refractivity contribution in [2.24, 2.45) is 0 Å². The van der Waals surface area contributed by atoms with Crippen LogP contribution in [0.4, 0.5) is 0 Å². The number of fused-ring (bicyclic) bond motifs is 1. The van der Waals surface area contributed by atoms with E-state index in [0.717, 1.165) is 41.8 Å². The second-order valence-electron chi connectivity index (χ2n) is 11.1. The maximum absolute atomic E-state index is 5.57. The average Bonchev–Trinajstić information content (AvgIpc) is 3.64. The molecule has 0 spiro atoms. The maximum Gasteiger partial charge on any atom is 0.161 e. The van der Waals surface area contributed by atoms with Crippen molar-refractivity contribution in [3.63, 3.8) is 0 Å². The number of piperidine rings is 2. The molecule has 2 aromatic carbocycles. The second-order valence-corrected chi connectivity index (χ2v) is 11.1. The number of benzene rings is 2. The van der Waals surface area contributed by atoms with Crippen molar-refractivity contribution in [3.8, 4) is 22.8 Å². The zero-order valence-electron chi connectivity index (χ0n) is 23.5. The summed E-state index contributed by atoms with van der Waals surface area (Å²) in [5.74, 6) is 2.14. The molecule has 39 heavy (non-hydrogen) atoms. The summed E-state index contributed by atoms with van der Waals surface area (Å²) in [6.07, 6.45) is 9.79. The van der Waals surface area contributed by atoms with Gasteiger partial charge in [0.25, 0.3) is 0 Å². The van der Waals surface area contributed by atoms with Gasteiger partial charge in [-0.1, -0.05) is 13.0 Å². The molecule has 4 aromatic rings. The lowest BCUT2D eigenvalue weighted by Gasteiger charge is -2.41. The van der Waals surface area contributed by atoms with E-state index >= 15 is 0 Å². The van der Waals surface area contributed by atoms with Crippen molar-refractivity contribution in [2.45, 2.75) is 57.5 Å². The Morgan fingerprint density at radius 3 is 2.41 bits per heavy atom. The minimum Gasteiger partial charge on any atom is -0.493 e. The highest BCUT2D eigenvalue weighted by atomic mass is 16.5. The first-order valence-corrected chi connectivity index (χ1v) is 14.5. The van der Waals surface area contributed by atoms with Crippen LogP contribution in [0.25, 0.3) is 22.2 Å². The summed E-state index contributed by atoms with van der Waals surface area (Å²) in [7, 11) is 3.37. The van der Waals surface area contributed by atoms with Gasteiger partial charge in [0.05, 0.1) is 26.2 Å². The molecule has 2 aromatic heterocycles. The predicted molar refractivity (Wildman–Crippen MR) is 157 cm³/mol. The molecule has 206 valence electrons. The maximum atomic E-state index is 5.57. The van der Waals surface area contributed by atoms with Gasteiger partial charge in [0, 0.05) is 54.0 Å². The van der Waals surface area contributed by atoms with E-state index in [1.165, 1.54) is 79.6 Å². The van der Waals surface area contributed by atoms with E-state index in [9.17, 15) is 0 Å². The Kier molecular flexibility index (Phi) is 7.62. The minimum atomic E-state index is 0.634. The van der Waals surface area contributed by atoms with Crippen LogP contribution in [0.1, 0.15) is 55.3 Å². The molecule has 2 aliphatic rings. The summed E-state index contributed by atoms with van der Waals surface area (Å²) in [5.41, 5.74) is 7.53. The van der Waals surface area contributed by atoms with Gasteiger partial charge in [0.2, 0.25) is 0 Å². The van der Waals surface area contributed by atoms with Crippen LogP contribution in [0, 0.1) is 0 Å². The number of hydrogen-bond acceptors (Lipinski definition) is 5. The van der Waals surface area contributed by atoms with E-state index < -0.39 is 0 Å². The molecule has 6 rings (SSSR count). The van der Waals surface area contributed by atoms with Gasteiger partial charge in [-0.2, -0.15) is 0 Å². The van der Waals surface area contributed by atoms with Crippen LogP contribution in [0.15, 0.2) is 48.9 Å². The molecule has 7 heteroatoms. The lowest BCUT2D eigenvalue weighted by atomic mass is 9.87. The quantitative estimate of drug-likeness (QED) is 0.295. The Labute approximate surface area is 231 Å². The van der Waals surface area contributed by atoms with Gasteiger partial charge < -0.3 is 24.3 Å². The molecule has 0 atom stereocenters. The third-order valence-corrected chi connectivity index (χ3v) is 8.97. The minimum absolute atomic E-state index is 0.634. The summed E-state index contributed by atoms with van der Waals surface area (Å²) >= 11 is 0. The van der Waals surface area contributed by atoms with E-state index in [4.69, 9.17) is 9.47 Å². The Balaban J connectivity index is 1.12.